The van der Waals surface area contributed by atoms with Crippen molar-refractivity contribution in [1.29, 1.82) is 0 Å². The molecule has 0 fully saturated rings. The fourth-order valence-corrected chi connectivity index (χ4v) is 11.7. The summed E-state index contributed by atoms with van der Waals surface area (Å²) in [5.74, 6) is 0. The number of benzene rings is 4. The Morgan fingerprint density at radius 3 is 0.789 bits per heavy atom. The summed E-state index contributed by atoms with van der Waals surface area (Å²) in [6.07, 6.45) is 0.307. The maximum absolute atomic E-state index is 2.41. The predicted molar refractivity (Wildman–Crippen MR) is 173 cm³/mol. The molecule has 0 bridgehead atoms. The Morgan fingerprint density at radius 2 is 0.553 bits per heavy atom. The van der Waals surface area contributed by atoms with E-state index in [-0.39, 0.29) is 0 Å². The normalized spacial score (nSPS) is 11.4. The third-order valence-electron chi connectivity index (χ3n) is 8.23. The van der Waals surface area contributed by atoms with Crippen molar-refractivity contribution >= 4 is 36.3 Å². The van der Waals surface area contributed by atoms with Crippen molar-refractivity contribution in [2.75, 3.05) is 0 Å². The third kappa shape index (κ3) is 5.21. The van der Waals surface area contributed by atoms with Gasteiger partial charge in [-0.3, -0.25) is 0 Å². The summed E-state index contributed by atoms with van der Waals surface area (Å²) in [6, 6.07) is 19.2. The number of hydrogen-bond donors (Lipinski definition) is 0. The summed E-state index contributed by atoms with van der Waals surface area (Å²) in [5, 5.41) is 3.17. The van der Waals surface area contributed by atoms with Gasteiger partial charge < -0.3 is 0 Å². The Bertz CT molecular complexity index is 1220. The minimum absolute atomic E-state index is 0.307. The Balaban J connectivity index is 2.24. The molecular weight excluding hydrogens is 471 g/mol. The maximum atomic E-state index is 2.41. The lowest BCUT2D eigenvalue weighted by molar-refractivity contribution is 1.33. The van der Waals surface area contributed by atoms with Crippen LogP contribution in [0.3, 0.4) is 0 Å². The fraction of sp³-hybridized carbons (Fsp3) is 0.333. The molecule has 0 atom stereocenters. The fourth-order valence-electron chi connectivity index (χ4n) is 7.35. The van der Waals surface area contributed by atoms with E-state index in [2.05, 4.69) is 132 Å². The second-order valence-electron chi connectivity index (χ2n) is 12.0. The molecule has 2 heteroatoms. The van der Waals surface area contributed by atoms with Crippen molar-refractivity contribution in [1.82, 2.24) is 0 Å². The summed E-state index contributed by atoms with van der Waals surface area (Å²) in [6.45, 7) is 27.7. The average molecular weight is 516 g/mol. The second kappa shape index (κ2) is 10.7. The standard InChI is InChI=1S/C36H44BSi/c1-21-13-25(5)33(26(6)14-21)37(34-27(7)15-22(2)16-28(34)8)38(35-29(9)17-23(3)18-30(35)10)36-31(11)19-24(4)20-32(36)12/h13-20H,1-12H3. The molecule has 1 radical (unpaired) electrons. The largest absolute Gasteiger partial charge is 0.212 e. The Morgan fingerprint density at radius 1 is 0.342 bits per heavy atom. The van der Waals surface area contributed by atoms with Gasteiger partial charge in [-0.15, -0.1) is 0 Å². The summed E-state index contributed by atoms with van der Waals surface area (Å²) < 4.78 is 0. The Kier molecular flexibility index (Phi) is 7.96. The van der Waals surface area contributed by atoms with Crippen LogP contribution >= 0.6 is 0 Å². The summed E-state index contributed by atoms with van der Waals surface area (Å²) in [4.78, 5) is 0. The van der Waals surface area contributed by atoms with Gasteiger partial charge in [-0.1, -0.05) is 137 Å². The van der Waals surface area contributed by atoms with E-state index in [0.29, 0.717) is 6.31 Å². The molecule has 4 aromatic carbocycles. The average Bonchev–Trinajstić information content (AvgIpc) is 2.74. The first-order chi connectivity index (χ1) is 17.8. The number of rotatable bonds is 5. The van der Waals surface area contributed by atoms with E-state index >= 15 is 0 Å². The van der Waals surface area contributed by atoms with Crippen molar-refractivity contribution in [2.24, 2.45) is 0 Å². The zero-order chi connectivity index (χ0) is 28.0. The van der Waals surface area contributed by atoms with Crippen molar-refractivity contribution in [3.8, 4) is 0 Å². The van der Waals surface area contributed by atoms with Gasteiger partial charge in [0.1, 0.15) is 8.67 Å². The van der Waals surface area contributed by atoms with Crippen LogP contribution in [-0.4, -0.2) is 15.0 Å². The van der Waals surface area contributed by atoms with Crippen LogP contribution in [0.25, 0.3) is 0 Å². The van der Waals surface area contributed by atoms with E-state index < -0.39 is 8.67 Å². The number of aryl methyl sites for hydroxylation is 12. The van der Waals surface area contributed by atoms with E-state index in [1.165, 1.54) is 77.7 Å². The molecular formula is C36H44BSi. The molecule has 4 aromatic rings. The van der Waals surface area contributed by atoms with E-state index in [1.807, 2.05) is 0 Å². The van der Waals surface area contributed by atoms with Crippen LogP contribution < -0.4 is 21.3 Å². The maximum Gasteiger partial charge on any atom is 0.212 e. The van der Waals surface area contributed by atoms with Gasteiger partial charge in [0.05, 0.1) is 0 Å². The van der Waals surface area contributed by atoms with Gasteiger partial charge in [0.25, 0.3) is 0 Å². The minimum Gasteiger partial charge on any atom is -0.0708 e. The molecule has 0 spiro atoms. The molecule has 0 saturated carbocycles. The van der Waals surface area contributed by atoms with Gasteiger partial charge in [0.2, 0.25) is 6.31 Å². The molecule has 0 aliphatic heterocycles. The molecule has 0 N–H and O–H groups in total. The zero-order valence-electron chi connectivity index (χ0n) is 25.7. The lowest BCUT2D eigenvalue weighted by Gasteiger charge is -2.34. The van der Waals surface area contributed by atoms with Crippen LogP contribution in [0.1, 0.15) is 66.8 Å². The molecule has 38 heavy (non-hydrogen) atoms. The molecule has 0 aliphatic carbocycles. The lowest BCUT2D eigenvalue weighted by atomic mass is 9.55. The van der Waals surface area contributed by atoms with Crippen molar-refractivity contribution in [2.45, 2.75) is 83.1 Å². The van der Waals surface area contributed by atoms with Crippen LogP contribution in [0.5, 0.6) is 0 Å². The van der Waals surface area contributed by atoms with E-state index in [9.17, 15) is 0 Å². The van der Waals surface area contributed by atoms with Crippen molar-refractivity contribution < 1.29 is 0 Å². The first-order valence-corrected chi connectivity index (χ1v) is 15.6. The molecule has 4 rings (SSSR count). The van der Waals surface area contributed by atoms with Crippen LogP contribution in [0, 0.1) is 83.1 Å². The van der Waals surface area contributed by atoms with Gasteiger partial charge in [-0.05, 0) is 83.1 Å². The van der Waals surface area contributed by atoms with Crippen LogP contribution in [0.4, 0.5) is 0 Å². The first kappa shape index (κ1) is 28.2. The highest BCUT2D eigenvalue weighted by molar-refractivity contribution is 7.42. The SMILES string of the molecule is Cc1cc(C)c(B(c2c(C)cc(C)cc2C)[Si](c2c(C)cc(C)cc2C)c2c(C)cc(C)cc2C)c(C)c1. The topological polar surface area (TPSA) is 0 Å². The molecule has 0 heterocycles. The number of hydrogen-bond acceptors (Lipinski definition) is 0. The third-order valence-corrected chi connectivity index (χ3v) is 12.0. The predicted octanol–water partition coefficient (Wildman–Crippen LogP) is 6.38. The minimum atomic E-state index is -1.31. The summed E-state index contributed by atoms with van der Waals surface area (Å²) in [7, 11) is -1.31. The molecule has 0 aromatic heterocycles. The molecule has 195 valence electrons. The van der Waals surface area contributed by atoms with Gasteiger partial charge in [0.15, 0.2) is 0 Å². The van der Waals surface area contributed by atoms with Crippen molar-refractivity contribution in [3.63, 3.8) is 0 Å². The van der Waals surface area contributed by atoms with E-state index in [4.69, 9.17) is 0 Å². The Hall–Kier alpha value is -2.84. The molecule has 0 amide bonds. The Labute approximate surface area is 234 Å². The van der Waals surface area contributed by atoms with Crippen LogP contribution in [-0.2, 0) is 0 Å². The lowest BCUT2D eigenvalue weighted by Crippen LogP contribution is -2.69. The molecule has 0 unspecified atom stereocenters. The van der Waals surface area contributed by atoms with Gasteiger partial charge in [0, 0.05) is 0 Å². The smallest absolute Gasteiger partial charge is 0.0708 e. The zero-order valence-corrected chi connectivity index (χ0v) is 26.7. The van der Waals surface area contributed by atoms with Gasteiger partial charge in [-0.25, -0.2) is 0 Å². The highest BCUT2D eigenvalue weighted by Crippen LogP contribution is 2.19. The summed E-state index contributed by atoms with van der Waals surface area (Å²) >= 11 is 0. The van der Waals surface area contributed by atoms with Crippen LogP contribution in [0.2, 0.25) is 0 Å². The first-order valence-electron chi connectivity index (χ1n) is 14.0. The van der Waals surface area contributed by atoms with Gasteiger partial charge in [-0.2, -0.15) is 0 Å². The summed E-state index contributed by atoms with van der Waals surface area (Å²) in [5.41, 5.74) is 19.9. The van der Waals surface area contributed by atoms with Gasteiger partial charge >= 0.3 is 0 Å². The molecule has 0 saturated heterocycles. The van der Waals surface area contributed by atoms with Crippen LogP contribution in [0.15, 0.2) is 48.5 Å². The second-order valence-corrected chi connectivity index (χ2v) is 14.4. The monoisotopic (exact) mass is 515 g/mol. The van der Waals surface area contributed by atoms with Crippen molar-refractivity contribution in [3.05, 3.63) is 115 Å². The highest BCUT2D eigenvalue weighted by Gasteiger charge is 2.40. The molecule has 0 aliphatic rings. The molecule has 0 nitrogen and oxygen atoms in total. The van der Waals surface area contributed by atoms with E-state index in [0.717, 1.165) is 0 Å². The highest BCUT2D eigenvalue weighted by atomic mass is 28.3. The quantitative estimate of drug-likeness (QED) is 0.271. The van der Waals surface area contributed by atoms with E-state index in [1.54, 1.807) is 10.4 Å².